The Labute approximate surface area is 196 Å². The van der Waals surface area contributed by atoms with Crippen molar-refractivity contribution in [3.05, 3.63) is 48.0 Å². The average Bonchev–Trinajstić information content (AvgIpc) is 3.50. The normalized spacial score (nSPS) is 15.2. The van der Waals surface area contributed by atoms with Crippen LogP contribution < -0.4 is 5.32 Å². The van der Waals surface area contributed by atoms with E-state index in [-0.39, 0.29) is 42.4 Å². The number of carbonyl (C=O) groups excluding carboxylic acids is 2. The number of piperidine rings is 1. The zero-order valence-electron chi connectivity index (χ0n) is 18.8. The Morgan fingerprint density at radius 3 is 2.68 bits per heavy atom. The lowest BCUT2D eigenvalue weighted by atomic mass is 9.97. The van der Waals surface area contributed by atoms with Crippen molar-refractivity contribution in [2.75, 3.05) is 25.0 Å². The minimum Gasteiger partial charge on any atom is -0.460 e. The molecule has 1 aliphatic rings. The van der Waals surface area contributed by atoms with Gasteiger partial charge in [0.05, 0.1) is 6.61 Å². The predicted octanol–water partition coefficient (Wildman–Crippen LogP) is 2.59. The lowest BCUT2D eigenvalue weighted by Crippen LogP contribution is -2.41. The topological polar surface area (TPSA) is 147 Å². The first-order valence-electron chi connectivity index (χ1n) is 10.9. The molecule has 1 aliphatic heterocycles. The number of hydrogen-bond acceptors (Lipinski definition) is 8. The van der Waals surface area contributed by atoms with Gasteiger partial charge in [0.1, 0.15) is 5.82 Å². The zero-order valence-corrected chi connectivity index (χ0v) is 19.6. The number of ether oxygens (including phenoxy) is 1. The van der Waals surface area contributed by atoms with Crippen molar-refractivity contribution in [3.8, 4) is 11.4 Å². The van der Waals surface area contributed by atoms with Crippen molar-refractivity contribution in [3.63, 3.8) is 0 Å². The molecular weight excluding hydrogens is 462 g/mol. The summed E-state index contributed by atoms with van der Waals surface area (Å²) in [6.45, 7) is 3.92. The van der Waals surface area contributed by atoms with Crippen LogP contribution in [-0.2, 0) is 19.6 Å². The Morgan fingerprint density at radius 2 is 2.00 bits per heavy atom. The van der Waals surface area contributed by atoms with Crippen molar-refractivity contribution >= 4 is 27.6 Å². The molecule has 0 radical (unpaired) electrons. The number of anilines is 1. The number of aromatic amines is 1. The molecule has 0 bridgehead atoms. The van der Waals surface area contributed by atoms with E-state index in [0.29, 0.717) is 30.2 Å². The van der Waals surface area contributed by atoms with E-state index in [1.807, 2.05) is 6.07 Å². The van der Waals surface area contributed by atoms with E-state index >= 15 is 0 Å². The number of H-pyrrole nitrogens is 1. The summed E-state index contributed by atoms with van der Waals surface area (Å²) in [6, 6.07) is 9.74. The van der Waals surface area contributed by atoms with E-state index in [0.717, 1.165) is 5.56 Å². The zero-order chi connectivity index (χ0) is 24.3. The third-order valence-electron chi connectivity index (χ3n) is 5.46. The fraction of sp³-hybridized carbons (Fsp3) is 0.364. The van der Waals surface area contributed by atoms with Gasteiger partial charge in [-0.15, -0.1) is 0 Å². The van der Waals surface area contributed by atoms with Crippen LogP contribution in [-0.4, -0.2) is 59.5 Å². The molecule has 1 amide bonds. The van der Waals surface area contributed by atoms with Gasteiger partial charge in [0, 0.05) is 30.3 Å². The molecule has 3 aromatic rings. The first-order chi connectivity index (χ1) is 16.3. The largest absolute Gasteiger partial charge is 0.460 e. The third kappa shape index (κ3) is 5.02. The van der Waals surface area contributed by atoms with Crippen LogP contribution in [0.15, 0.2) is 45.9 Å². The predicted molar refractivity (Wildman–Crippen MR) is 121 cm³/mol. The lowest BCUT2D eigenvalue weighted by Gasteiger charge is -2.29. The van der Waals surface area contributed by atoms with Crippen LogP contribution in [0, 0.1) is 12.8 Å². The number of amides is 1. The van der Waals surface area contributed by atoms with Gasteiger partial charge in [-0.2, -0.15) is 9.40 Å². The maximum Gasteiger partial charge on any atom is 0.374 e. The number of benzene rings is 1. The molecule has 0 unspecified atom stereocenters. The molecule has 1 aromatic carbocycles. The Hall–Kier alpha value is -3.51. The number of nitrogens with one attached hydrogen (secondary N) is 2. The van der Waals surface area contributed by atoms with E-state index in [1.165, 1.54) is 16.4 Å². The first kappa shape index (κ1) is 23.6. The Bertz CT molecular complexity index is 1290. The molecule has 1 saturated heterocycles. The molecule has 0 atom stereocenters. The summed E-state index contributed by atoms with van der Waals surface area (Å²) in [4.78, 5) is 28.8. The minimum absolute atomic E-state index is 0.154. The van der Waals surface area contributed by atoms with Gasteiger partial charge in [0.2, 0.25) is 16.8 Å². The summed E-state index contributed by atoms with van der Waals surface area (Å²) < 4.78 is 37.1. The molecule has 0 saturated carbocycles. The second kappa shape index (κ2) is 9.77. The van der Waals surface area contributed by atoms with Gasteiger partial charge in [0.25, 0.3) is 10.0 Å². The van der Waals surface area contributed by atoms with Crippen molar-refractivity contribution < 1.29 is 27.2 Å². The molecule has 0 aliphatic carbocycles. The van der Waals surface area contributed by atoms with Gasteiger partial charge in [-0.25, -0.2) is 18.2 Å². The monoisotopic (exact) mass is 487 g/mol. The summed E-state index contributed by atoms with van der Waals surface area (Å²) in [5.74, 6) is -0.178. The van der Waals surface area contributed by atoms with Gasteiger partial charge < -0.3 is 14.5 Å². The minimum atomic E-state index is -3.92. The summed E-state index contributed by atoms with van der Waals surface area (Å²) in [6.07, 6.45) is 0.715. The Kier molecular flexibility index (Phi) is 6.80. The number of aromatic nitrogens is 3. The first-order valence-corrected chi connectivity index (χ1v) is 12.3. The second-order valence-corrected chi connectivity index (χ2v) is 9.70. The summed E-state index contributed by atoms with van der Waals surface area (Å²) in [5, 5.41) is 9.49. The van der Waals surface area contributed by atoms with Crippen LogP contribution >= 0.6 is 0 Å². The molecule has 2 N–H and O–H groups in total. The quantitative estimate of drug-likeness (QED) is 0.483. The van der Waals surface area contributed by atoms with Crippen molar-refractivity contribution in [1.82, 2.24) is 19.5 Å². The molecule has 180 valence electrons. The van der Waals surface area contributed by atoms with Crippen LogP contribution in [0.3, 0.4) is 0 Å². The number of esters is 1. The number of aryl methyl sites for hydroxylation is 1. The maximum atomic E-state index is 12.9. The number of carbonyl (C=O) groups is 2. The van der Waals surface area contributed by atoms with E-state index < -0.39 is 16.0 Å². The number of rotatable bonds is 7. The maximum absolute atomic E-state index is 12.9. The fourth-order valence-corrected chi connectivity index (χ4v) is 5.09. The van der Waals surface area contributed by atoms with E-state index in [1.54, 1.807) is 32.0 Å². The summed E-state index contributed by atoms with van der Waals surface area (Å²) in [5.41, 5.74) is 1.38. The molecular formula is C22H25N5O6S. The Morgan fingerprint density at radius 1 is 1.24 bits per heavy atom. The molecule has 12 heteroatoms. The van der Waals surface area contributed by atoms with Crippen molar-refractivity contribution in [2.24, 2.45) is 5.92 Å². The van der Waals surface area contributed by atoms with Crippen molar-refractivity contribution in [1.29, 1.82) is 0 Å². The number of hydrogen-bond donors (Lipinski definition) is 2. The van der Waals surface area contributed by atoms with Crippen LogP contribution in [0.1, 0.15) is 36.1 Å². The standard InChI is InChI=1S/C22H25N5O6S/c1-3-32-22(29)18-7-8-19(33-18)34(30,31)27-11-9-15(10-12-27)21(28)24-17-6-4-5-16(13-17)20-23-14(2)25-26-20/h4-8,13,15H,3,9-12H2,1-2H3,(H,24,28)(H,23,25,26). The number of furan rings is 1. The highest BCUT2D eigenvalue weighted by molar-refractivity contribution is 7.89. The van der Waals surface area contributed by atoms with Gasteiger partial charge >= 0.3 is 5.97 Å². The van der Waals surface area contributed by atoms with Gasteiger partial charge in [-0.1, -0.05) is 12.1 Å². The SMILES string of the molecule is CCOC(=O)c1ccc(S(=O)(=O)N2CCC(C(=O)Nc3cccc(-c4n[nH]c(C)n4)c3)CC2)o1. The number of sulfonamides is 1. The van der Waals surface area contributed by atoms with Crippen LogP contribution in [0.5, 0.6) is 0 Å². The van der Waals surface area contributed by atoms with Crippen LogP contribution in [0.25, 0.3) is 11.4 Å². The fourth-order valence-electron chi connectivity index (χ4n) is 3.71. The molecule has 4 rings (SSSR count). The molecule has 3 heterocycles. The highest BCUT2D eigenvalue weighted by Crippen LogP contribution is 2.27. The highest BCUT2D eigenvalue weighted by atomic mass is 32.2. The van der Waals surface area contributed by atoms with Gasteiger partial charge in [-0.3, -0.25) is 9.89 Å². The van der Waals surface area contributed by atoms with E-state index in [9.17, 15) is 18.0 Å². The van der Waals surface area contributed by atoms with Crippen molar-refractivity contribution in [2.45, 2.75) is 31.8 Å². The Balaban J connectivity index is 1.36. The molecule has 0 spiro atoms. The molecule has 1 fully saturated rings. The van der Waals surface area contributed by atoms with E-state index in [4.69, 9.17) is 9.15 Å². The summed E-state index contributed by atoms with van der Waals surface area (Å²) >= 11 is 0. The second-order valence-electron chi connectivity index (χ2n) is 7.83. The van der Waals surface area contributed by atoms with Crippen LogP contribution in [0.4, 0.5) is 5.69 Å². The average molecular weight is 488 g/mol. The smallest absolute Gasteiger partial charge is 0.374 e. The lowest BCUT2D eigenvalue weighted by molar-refractivity contribution is -0.120. The molecule has 2 aromatic heterocycles. The van der Waals surface area contributed by atoms with E-state index in [2.05, 4.69) is 20.5 Å². The highest BCUT2D eigenvalue weighted by Gasteiger charge is 2.34. The molecule has 34 heavy (non-hydrogen) atoms. The third-order valence-corrected chi connectivity index (χ3v) is 7.24. The van der Waals surface area contributed by atoms with Crippen LogP contribution in [0.2, 0.25) is 0 Å². The van der Waals surface area contributed by atoms with Gasteiger partial charge in [-0.05, 0) is 51.0 Å². The number of nitrogens with zero attached hydrogens (tertiary/aromatic N) is 3. The molecule has 11 nitrogen and oxygen atoms in total. The summed E-state index contributed by atoms with van der Waals surface area (Å²) in [7, 11) is -3.92. The van der Waals surface area contributed by atoms with Gasteiger partial charge in [0.15, 0.2) is 5.82 Å².